The summed E-state index contributed by atoms with van der Waals surface area (Å²) in [5.41, 5.74) is 8.25. The average molecular weight is 311 g/mol. The Bertz CT molecular complexity index is 671. The number of aryl methyl sites for hydroxylation is 1. The van der Waals surface area contributed by atoms with Gasteiger partial charge in [-0.2, -0.15) is 0 Å². The summed E-state index contributed by atoms with van der Waals surface area (Å²) in [6.07, 6.45) is 0.138. The van der Waals surface area contributed by atoms with E-state index in [1.54, 1.807) is 0 Å². The minimum absolute atomic E-state index is 0.138. The van der Waals surface area contributed by atoms with E-state index >= 15 is 0 Å². The molecule has 3 amide bonds. The molecular weight excluding hydrogens is 290 g/mol. The number of carbonyl (C=O) groups is 2. The molecule has 0 heterocycles. The lowest BCUT2D eigenvalue weighted by Gasteiger charge is -2.18. The predicted octanol–water partition coefficient (Wildman–Crippen LogP) is 2.41. The number of carbonyl (C=O) groups excluding carboxylic acids is 2. The van der Waals surface area contributed by atoms with Gasteiger partial charge in [-0.05, 0) is 23.6 Å². The number of primary amides is 1. The van der Waals surface area contributed by atoms with Crippen molar-refractivity contribution in [3.63, 3.8) is 0 Å². The van der Waals surface area contributed by atoms with Gasteiger partial charge >= 0.3 is 6.03 Å². The van der Waals surface area contributed by atoms with Crippen LogP contribution in [0.5, 0.6) is 0 Å². The largest absolute Gasteiger partial charge is 0.352 e. The number of urea groups is 1. The van der Waals surface area contributed by atoms with E-state index in [2.05, 4.69) is 10.6 Å². The lowest BCUT2D eigenvalue weighted by molar-refractivity contribution is -0.121. The fourth-order valence-corrected chi connectivity index (χ4v) is 2.37. The third-order valence-corrected chi connectivity index (χ3v) is 3.65. The van der Waals surface area contributed by atoms with Crippen LogP contribution in [0.4, 0.5) is 4.79 Å². The molecule has 2 aromatic carbocycles. The van der Waals surface area contributed by atoms with Crippen LogP contribution in [0.15, 0.2) is 54.6 Å². The Morgan fingerprint density at radius 3 is 2.35 bits per heavy atom. The Labute approximate surface area is 135 Å². The van der Waals surface area contributed by atoms with Gasteiger partial charge in [-0.25, -0.2) is 4.79 Å². The first kappa shape index (κ1) is 16.5. The Morgan fingerprint density at radius 2 is 1.70 bits per heavy atom. The summed E-state index contributed by atoms with van der Waals surface area (Å²) in [6.45, 7) is 2.46. The van der Waals surface area contributed by atoms with Crippen LogP contribution in [0.25, 0.3) is 0 Å². The van der Waals surface area contributed by atoms with E-state index in [0.29, 0.717) is 6.54 Å². The highest BCUT2D eigenvalue weighted by Gasteiger charge is 2.17. The van der Waals surface area contributed by atoms with Crippen LogP contribution in [0, 0.1) is 6.92 Å². The minimum atomic E-state index is -0.648. The first-order chi connectivity index (χ1) is 11.1. The monoisotopic (exact) mass is 311 g/mol. The number of nitrogens with two attached hydrogens (primary N) is 1. The highest BCUT2D eigenvalue weighted by atomic mass is 16.2. The van der Waals surface area contributed by atoms with Crippen molar-refractivity contribution in [2.45, 2.75) is 25.9 Å². The van der Waals surface area contributed by atoms with Gasteiger partial charge in [0.15, 0.2) is 0 Å². The van der Waals surface area contributed by atoms with Gasteiger partial charge in [-0.15, -0.1) is 0 Å². The fourth-order valence-electron chi connectivity index (χ4n) is 2.37. The summed E-state index contributed by atoms with van der Waals surface area (Å²) in [5, 5.41) is 5.50. The molecule has 0 bridgehead atoms. The quantitative estimate of drug-likeness (QED) is 0.765. The van der Waals surface area contributed by atoms with Crippen LogP contribution < -0.4 is 16.4 Å². The molecule has 1 atom stereocenters. The molecule has 0 radical (unpaired) electrons. The summed E-state index contributed by atoms with van der Waals surface area (Å²) in [5.74, 6) is -0.143. The smallest absolute Gasteiger partial charge is 0.312 e. The van der Waals surface area contributed by atoms with Crippen molar-refractivity contribution in [2.24, 2.45) is 5.73 Å². The molecule has 0 aliphatic heterocycles. The second kappa shape index (κ2) is 7.98. The van der Waals surface area contributed by atoms with Crippen molar-refractivity contribution in [1.82, 2.24) is 10.6 Å². The van der Waals surface area contributed by atoms with Gasteiger partial charge in [0.05, 0.1) is 12.5 Å². The van der Waals surface area contributed by atoms with Gasteiger partial charge in [0.2, 0.25) is 5.91 Å². The summed E-state index contributed by atoms with van der Waals surface area (Å²) in [6, 6.07) is 16.1. The third kappa shape index (κ3) is 5.14. The standard InChI is InChI=1S/C18H21N3O2/c1-13-7-5-6-10-15(13)12-20-17(22)11-16(21-18(19)23)14-8-3-2-4-9-14/h2-10,16H,11-12H2,1H3,(H,20,22)(H3,19,21,23)/t16-/m1/s1. The molecule has 5 nitrogen and oxygen atoms in total. The summed E-state index contributed by atoms with van der Waals surface area (Å²) >= 11 is 0. The maximum atomic E-state index is 12.2. The van der Waals surface area contributed by atoms with E-state index in [4.69, 9.17) is 5.73 Å². The Kier molecular flexibility index (Phi) is 5.74. The van der Waals surface area contributed by atoms with Crippen molar-refractivity contribution in [3.05, 3.63) is 71.3 Å². The molecule has 0 aromatic heterocycles. The lowest BCUT2D eigenvalue weighted by Crippen LogP contribution is -2.36. The summed E-state index contributed by atoms with van der Waals surface area (Å²) < 4.78 is 0. The molecule has 0 unspecified atom stereocenters. The number of rotatable bonds is 6. The Morgan fingerprint density at radius 1 is 1.04 bits per heavy atom. The molecule has 0 spiro atoms. The topological polar surface area (TPSA) is 84.2 Å². The summed E-state index contributed by atoms with van der Waals surface area (Å²) in [4.78, 5) is 23.4. The molecule has 2 aromatic rings. The van der Waals surface area contributed by atoms with E-state index in [9.17, 15) is 9.59 Å². The third-order valence-electron chi connectivity index (χ3n) is 3.65. The van der Waals surface area contributed by atoms with Crippen LogP contribution in [0.1, 0.15) is 29.2 Å². The Balaban J connectivity index is 1.98. The molecule has 2 rings (SSSR count). The minimum Gasteiger partial charge on any atom is -0.352 e. The van der Waals surface area contributed by atoms with Crippen LogP contribution in [0.2, 0.25) is 0 Å². The molecule has 5 heteroatoms. The van der Waals surface area contributed by atoms with Crippen LogP contribution >= 0.6 is 0 Å². The normalized spacial score (nSPS) is 11.5. The molecule has 120 valence electrons. The predicted molar refractivity (Wildman–Crippen MR) is 89.5 cm³/mol. The van der Waals surface area contributed by atoms with E-state index in [1.165, 1.54) is 0 Å². The number of benzene rings is 2. The van der Waals surface area contributed by atoms with E-state index in [0.717, 1.165) is 16.7 Å². The maximum absolute atomic E-state index is 12.2. The highest BCUT2D eigenvalue weighted by molar-refractivity contribution is 5.78. The van der Waals surface area contributed by atoms with Crippen molar-refractivity contribution >= 4 is 11.9 Å². The molecular formula is C18H21N3O2. The fraction of sp³-hybridized carbons (Fsp3) is 0.222. The second-order valence-electron chi connectivity index (χ2n) is 5.38. The molecule has 0 fully saturated rings. The SMILES string of the molecule is Cc1ccccc1CNC(=O)C[C@@H](NC(N)=O)c1ccccc1. The van der Waals surface area contributed by atoms with E-state index < -0.39 is 12.1 Å². The molecule has 0 aliphatic carbocycles. The van der Waals surface area contributed by atoms with Crippen molar-refractivity contribution < 1.29 is 9.59 Å². The number of hydrogen-bond donors (Lipinski definition) is 3. The maximum Gasteiger partial charge on any atom is 0.312 e. The second-order valence-corrected chi connectivity index (χ2v) is 5.38. The van der Waals surface area contributed by atoms with Gasteiger partial charge in [-0.1, -0.05) is 54.6 Å². The molecule has 0 saturated carbocycles. The number of nitrogens with one attached hydrogen (secondary N) is 2. The van der Waals surface area contributed by atoms with Crippen molar-refractivity contribution in [1.29, 1.82) is 0 Å². The first-order valence-electron chi connectivity index (χ1n) is 7.48. The zero-order chi connectivity index (χ0) is 16.7. The molecule has 23 heavy (non-hydrogen) atoms. The number of amides is 3. The van der Waals surface area contributed by atoms with Gasteiger partial charge < -0.3 is 16.4 Å². The van der Waals surface area contributed by atoms with Crippen LogP contribution in [-0.4, -0.2) is 11.9 Å². The van der Waals surface area contributed by atoms with Crippen molar-refractivity contribution in [2.75, 3.05) is 0 Å². The zero-order valence-corrected chi connectivity index (χ0v) is 13.1. The molecule has 4 N–H and O–H groups in total. The zero-order valence-electron chi connectivity index (χ0n) is 13.1. The van der Waals surface area contributed by atoms with Crippen LogP contribution in [-0.2, 0) is 11.3 Å². The number of hydrogen-bond acceptors (Lipinski definition) is 2. The summed E-state index contributed by atoms with van der Waals surface area (Å²) in [7, 11) is 0. The van der Waals surface area contributed by atoms with Crippen molar-refractivity contribution in [3.8, 4) is 0 Å². The van der Waals surface area contributed by atoms with E-state index in [-0.39, 0.29) is 12.3 Å². The van der Waals surface area contributed by atoms with Gasteiger partial charge in [-0.3, -0.25) is 4.79 Å². The Hall–Kier alpha value is -2.82. The highest BCUT2D eigenvalue weighted by Crippen LogP contribution is 2.16. The molecule has 0 saturated heterocycles. The molecule has 0 aliphatic rings. The average Bonchev–Trinajstić information content (AvgIpc) is 2.54. The van der Waals surface area contributed by atoms with Crippen LogP contribution in [0.3, 0.4) is 0 Å². The van der Waals surface area contributed by atoms with Gasteiger partial charge in [0.25, 0.3) is 0 Å². The lowest BCUT2D eigenvalue weighted by atomic mass is 10.0. The van der Waals surface area contributed by atoms with Gasteiger partial charge in [0.1, 0.15) is 0 Å². The van der Waals surface area contributed by atoms with Gasteiger partial charge in [0, 0.05) is 6.54 Å². The van der Waals surface area contributed by atoms with E-state index in [1.807, 2.05) is 61.5 Å². The first-order valence-corrected chi connectivity index (χ1v) is 7.48.